The van der Waals surface area contributed by atoms with Crippen LogP contribution < -0.4 is 9.64 Å². The molecular formula is C24H23ClN6O2. The summed E-state index contributed by atoms with van der Waals surface area (Å²) in [6, 6.07) is 6.09. The zero-order valence-corrected chi connectivity index (χ0v) is 19.2. The number of anilines is 1. The number of aryl methyl sites for hydroxylation is 1. The minimum Gasteiger partial charge on any atom is -0.489 e. The number of hydrogen-bond acceptors (Lipinski definition) is 6. The molecule has 0 spiro atoms. The maximum Gasteiger partial charge on any atom is 0.222 e. The number of nitrogens with one attached hydrogen (secondary N) is 1. The van der Waals surface area contributed by atoms with Crippen LogP contribution in [0.15, 0.2) is 30.7 Å². The van der Waals surface area contributed by atoms with E-state index in [1.54, 1.807) is 6.33 Å². The normalized spacial score (nSPS) is 17.7. The minimum absolute atomic E-state index is 0.00157. The molecular weight excluding hydrogens is 440 g/mol. The number of amides is 1. The molecule has 2 aromatic carbocycles. The van der Waals surface area contributed by atoms with Crippen molar-refractivity contribution in [3.8, 4) is 16.9 Å². The number of fused-ring (bicyclic) bond motifs is 3. The lowest BCUT2D eigenvalue weighted by Crippen LogP contribution is -2.56. The molecule has 168 valence electrons. The second-order valence-electron chi connectivity index (χ2n) is 8.60. The van der Waals surface area contributed by atoms with Gasteiger partial charge in [0.1, 0.15) is 18.8 Å². The van der Waals surface area contributed by atoms with Gasteiger partial charge in [0.25, 0.3) is 0 Å². The van der Waals surface area contributed by atoms with Crippen LogP contribution in [-0.4, -0.2) is 63.3 Å². The minimum atomic E-state index is -0.00157. The van der Waals surface area contributed by atoms with Crippen molar-refractivity contribution in [1.29, 1.82) is 0 Å². The molecule has 6 rings (SSSR count). The summed E-state index contributed by atoms with van der Waals surface area (Å²) >= 11 is 7.04. The van der Waals surface area contributed by atoms with Crippen LogP contribution in [0.2, 0.25) is 5.02 Å². The molecule has 0 unspecified atom stereocenters. The number of nitrogens with zero attached hydrogens (tertiary/aromatic N) is 5. The van der Waals surface area contributed by atoms with Crippen molar-refractivity contribution in [3.63, 3.8) is 0 Å². The van der Waals surface area contributed by atoms with Crippen LogP contribution in [0, 0.1) is 6.92 Å². The standard InChI is InChI=1S/C24H23ClN6O2/c1-3-19(32)30-6-7-31-14(10-30)11-33-23-21-18(26-12-27-24(21)31)8-15(22(23)25)20-13(2)4-5-17-16(20)9-28-29-17/h4-5,8-9,12,14H,3,6-7,10-11H2,1-2H3,(H,28,29)/t14-/m0/s1. The monoisotopic (exact) mass is 462 g/mol. The average molecular weight is 463 g/mol. The SMILES string of the molecule is CCC(=O)N1CCN2c3ncnc4cc(-c5c(C)ccc6[nH]ncc56)c(Cl)c(c34)OC[C@@H]2C1. The van der Waals surface area contributed by atoms with Gasteiger partial charge in [-0.25, -0.2) is 9.97 Å². The summed E-state index contributed by atoms with van der Waals surface area (Å²) < 4.78 is 6.36. The average Bonchev–Trinajstić information content (AvgIpc) is 3.24. The summed E-state index contributed by atoms with van der Waals surface area (Å²) in [5.41, 5.74) is 4.68. The highest BCUT2D eigenvalue weighted by Crippen LogP contribution is 2.47. The van der Waals surface area contributed by atoms with Crippen LogP contribution in [0.5, 0.6) is 5.75 Å². The van der Waals surface area contributed by atoms with E-state index in [0.29, 0.717) is 43.4 Å². The van der Waals surface area contributed by atoms with Crippen LogP contribution >= 0.6 is 11.6 Å². The Morgan fingerprint density at radius 2 is 2.18 bits per heavy atom. The topological polar surface area (TPSA) is 87.2 Å². The van der Waals surface area contributed by atoms with E-state index in [-0.39, 0.29) is 11.9 Å². The van der Waals surface area contributed by atoms with E-state index in [1.165, 1.54) is 0 Å². The van der Waals surface area contributed by atoms with Crippen molar-refractivity contribution in [1.82, 2.24) is 25.1 Å². The first-order chi connectivity index (χ1) is 16.1. The molecule has 4 heterocycles. The highest BCUT2D eigenvalue weighted by Gasteiger charge is 2.35. The lowest BCUT2D eigenvalue weighted by Gasteiger charge is -2.40. The molecule has 0 aliphatic carbocycles. The Hall–Kier alpha value is -3.39. The van der Waals surface area contributed by atoms with Gasteiger partial charge in [-0.15, -0.1) is 0 Å². The molecule has 1 amide bonds. The third kappa shape index (κ3) is 3.04. The second-order valence-corrected chi connectivity index (χ2v) is 8.98. The number of carbonyl (C=O) groups excluding carboxylic acids is 1. The molecule has 33 heavy (non-hydrogen) atoms. The number of halogens is 1. The fourth-order valence-electron chi connectivity index (χ4n) is 5.07. The lowest BCUT2D eigenvalue weighted by molar-refractivity contribution is -0.131. The molecule has 1 atom stereocenters. The molecule has 9 heteroatoms. The van der Waals surface area contributed by atoms with E-state index in [0.717, 1.165) is 44.3 Å². The summed E-state index contributed by atoms with van der Waals surface area (Å²) in [5.74, 6) is 1.57. The van der Waals surface area contributed by atoms with Crippen molar-refractivity contribution in [2.45, 2.75) is 26.3 Å². The zero-order valence-electron chi connectivity index (χ0n) is 18.4. The Morgan fingerprint density at radius 1 is 1.30 bits per heavy atom. The molecule has 2 aliphatic heterocycles. The van der Waals surface area contributed by atoms with E-state index >= 15 is 0 Å². The lowest BCUT2D eigenvalue weighted by atomic mass is 9.95. The number of aromatic nitrogens is 4. The first-order valence-electron chi connectivity index (χ1n) is 11.1. The molecule has 0 saturated carbocycles. The van der Waals surface area contributed by atoms with Gasteiger partial charge in [-0.2, -0.15) is 5.10 Å². The van der Waals surface area contributed by atoms with Gasteiger partial charge in [0.2, 0.25) is 5.91 Å². The number of rotatable bonds is 2. The van der Waals surface area contributed by atoms with Gasteiger partial charge < -0.3 is 14.5 Å². The van der Waals surface area contributed by atoms with E-state index in [9.17, 15) is 4.79 Å². The molecule has 8 nitrogen and oxygen atoms in total. The first kappa shape index (κ1) is 20.2. The van der Waals surface area contributed by atoms with Gasteiger partial charge in [-0.3, -0.25) is 9.89 Å². The number of carbonyl (C=O) groups is 1. The fraction of sp³-hybridized carbons (Fsp3) is 0.333. The number of H-pyrrole nitrogens is 1. The zero-order chi connectivity index (χ0) is 22.7. The number of benzene rings is 2. The molecule has 4 aromatic rings. The van der Waals surface area contributed by atoms with Gasteiger partial charge in [-0.1, -0.05) is 24.6 Å². The molecule has 2 aliphatic rings. The highest BCUT2D eigenvalue weighted by atomic mass is 35.5. The van der Waals surface area contributed by atoms with Crippen LogP contribution in [0.1, 0.15) is 18.9 Å². The quantitative estimate of drug-likeness (QED) is 0.485. The number of aromatic amines is 1. The van der Waals surface area contributed by atoms with Crippen LogP contribution in [0.25, 0.3) is 32.9 Å². The van der Waals surface area contributed by atoms with Crippen molar-refractivity contribution in [2.75, 3.05) is 31.1 Å². The molecule has 1 saturated heterocycles. The Morgan fingerprint density at radius 3 is 3.03 bits per heavy atom. The summed E-state index contributed by atoms with van der Waals surface area (Å²) in [6.07, 6.45) is 3.91. The van der Waals surface area contributed by atoms with Gasteiger partial charge in [0.15, 0.2) is 5.75 Å². The smallest absolute Gasteiger partial charge is 0.222 e. The second kappa shape index (κ2) is 7.59. The largest absolute Gasteiger partial charge is 0.489 e. The summed E-state index contributed by atoms with van der Waals surface area (Å²) in [4.78, 5) is 25.7. The van der Waals surface area contributed by atoms with Gasteiger partial charge in [0.05, 0.1) is 33.7 Å². The van der Waals surface area contributed by atoms with Crippen molar-refractivity contribution >= 4 is 45.1 Å². The maximum absolute atomic E-state index is 12.3. The van der Waals surface area contributed by atoms with Crippen LogP contribution in [0.3, 0.4) is 0 Å². The Kier molecular flexibility index (Phi) is 4.65. The maximum atomic E-state index is 12.3. The van der Waals surface area contributed by atoms with Gasteiger partial charge in [-0.05, 0) is 30.2 Å². The molecule has 1 N–H and O–H groups in total. The Balaban J connectivity index is 1.53. The van der Waals surface area contributed by atoms with E-state index in [4.69, 9.17) is 16.3 Å². The fourth-order valence-corrected chi connectivity index (χ4v) is 5.37. The van der Waals surface area contributed by atoms with Crippen molar-refractivity contribution < 1.29 is 9.53 Å². The predicted molar refractivity (Wildman–Crippen MR) is 128 cm³/mol. The third-order valence-electron chi connectivity index (χ3n) is 6.73. The summed E-state index contributed by atoms with van der Waals surface area (Å²) in [7, 11) is 0. The summed E-state index contributed by atoms with van der Waals surface area (Å²) in [5, 5.41) is 9.61. The Bertz CT molecular complexity index is 1420. The van der Waals surface area contributed by atoms with Crippen molar-refractivity contribution in [2.24, 2.45) is 0 Å². The van der Waals surface area contributed by atoms with Gasteiger partial charge >= 0.3 is 0 Å². The van der Waals surface area contributed by atoms with Crippen LogP contribution in [0.4, 0.5) is 5.82 Å². The molecule has 1 fully saturated rings. The number of hydrogen-bond donors (Lipinski definition) is 1. The molecule has 0 radical (unpaired) electrons. The summed E-state index contributed by atoms with van der Waals surface area (Å²) in [6.45, 7) is 6.33. The van der Waals surface area contributed by atoms with Crippen molar-refractivity contribution in [3.05, 3.63) is 41.3 Å². The predicted octanol–water partition coefficient (Wildman–Crippen LogP) is 3.95. The van der Waals surface area contributed by atoms with Gasteiger partial charge in [0, 0.05) is 37.0 Å². The van der Waals surface area contributed by atoms with E-state index < -0.39 is 0 Å². The number of piperazine rings is 1. The van der Waals surface area contributed by atoms with E-state index in [2.05, 4.69) is 38.1 Å². The number of ether oxygens (including phenoxy) is 1. The highest BCUT2D eigenvalue weighted by molar-refractivity contribution is 6.37. The van der Waals surface area contributed by atoms with E-state index in [1.807, 2.05) is 30.2 Å². The van der Waals surface area contributed by atoms with Crippen LogP contribution in [-0.2, 0) is 4.79 Å². The molecule has 2 aromatic heterocycles. The Labute approximate surface area is 195 Å². The third-order valence-corrected chi connectivity index (χ3v) is 7.11. The first-order valence-corrected chi connectivity index (χ1v) is 11.5. The molecule has 0 bridgehead atoms.